The van der Waals surface area contributed by atoms with Gasteiger partial charge in [0.15, 0.2) is 0 Å². The molecule has 0 saturated heterocycles. The van der Waals surface area contributed by atoms with Crippen molar-refractivity contribution in [3.63, 3.8) is 0 Å². The van der Waals surface area contributed by atoms with Crippen molar-refractivity contribution in [2.75, 3.05) is 0 Å². The van der Waals surface area contributed by atoms with Crippen LogP contribution in [0.3, 0.4) is 0 Å². The average Bonchev–Trinajstić information content (AvgIpc) is 1.58. The summed E-state index contributed by atoms with van der Waals surface area (Å²) < 4.78 is 9.98. The van der Waals surface area contributed by atoms with Gasteiger partial charge in [-0.25, -0.2) is 0 Å². The Bertz CT molecular complexity index is 4810. The number of rotatable bonds is 4. The van der Waals surface area contributed by atoms with Crippen molar-refractivity contribution in [2.24, 2.45) is 0 Å². The van der Waals surface area contributed by atoms with Gasteiger partial charge in [-0.3, -0.25) is 0 Å². The molecule has 0 aliphatic heterocycles. The first-order valence-electron chi connectivity index (χ1n) is 30.3. The van der Waals surface area contributed by atoms with Crippen LogP contribution in [0, 0.1) is 11.3 Å². The molecule has 0 bridgehead atoms. The number of nitriles is 1. The highest BCUT2D eigenvalue weighted by Crippen LogP contribution is 2.48. The summed E-state index contributed by atoms with van der Waals surface area (Å²) in [6, 6.07) is 65.2. The Morgan fingerprint density at radius 3 is 1.02 bits per heavy atom. The second kappa shape index (κ2) is 18.3. The van der Waals surface area contributed by atoms with E-state index in [1.54, 1.807) is 0 Å². The largest absolute Gasteiger partial charge is 0.309 e. The normalized spacial score (nSPS) is 13.3. The Morgan fingerprint density at radius 2 is 0.631 bits per heavy atom. The number of fused-ring (bicyclic) bond motifs is 14. The third-order valence-corrected chi connectivity index (χ3v) is 18.3. The van der Waals surface area contributed by atoms with Crippen LogP contribution in [0.2, 0.25) is 0 Å². The van der Waals surface area contributed by atoms with Crippen LogP contribution < -0.4 is 0 Å². The van der Waals surface area contributed by atoms with Gasteiger partial charge in [-0.05, 0) is 157 Å². The van der Waals surface area contributed by atoms with Crippen LogP contribution in [-0.2, 0) is 32.5 Å². The first-order chi connectivity index (χ1) is 39.4. The molecule has 0 amide bonds. The van der Waals surface area contributed by atoms with Crippen molar-refractivity contribution in [1.29, 1.82) is 5.26 Å². The minimum absolute atomic E-state index is 0.0418. The summed E-state index contributed by atoms with van der Waals surface area (Å²) in [4.78, 5) is 0. The van der Waals surface area contributed by atoms with Crippen molar-refractivity contribution in [3.05, 3.63) is 203 Å². The van der Waals surface area contributed by atoms with Crippen LogP contribution in [0.1, 0.15) is 164 Å². The predicted molar refractivity (Wildman–Crippen MR) is 361 cm³/mol. The Balaban J connectivity index is 1.17. The van der Waals surface area contributed by atoms with Crippen LogP contribution >= 0.6 is 0 Å². The molecule has 5 heteroatoms. The molecule has 0 unspecified atom stereocenters. The number of para-hydroxylation sites is 2. The lowest BCUT2D eigenvalue weighted by atomic mass is 9.80. The third kappa shape index (κ3) is 8.60. The summed E-state index contributed by atoms with van der Waals surface area (Å²) >= 11 is 0. The van der Waals surface area contributed by atoms with Gasteiger partial charge in [0.05, 0.1) is 55.4 Å². The molecule has 13 aromatic rings. The minimum atomic E-state index is -0.123. The van der Waals surface area contributed by atoms with Gasteiger partial charge in [-0.1, -0.05) is 197 Å². The molecule has 0 saturated carbocycles. The fourth-order valence-electron chi connectivity index (χ4n) is 13.3. The smallest absolute Gasteiger partial charge is 0.101 e. The standard InChI is InChI=1S/C79H81N5/c1-74(2,3)48-28-33-65-61(43-48)62-44-49(75(4,5)6)29-34-66(62)84(65)69-45-54(30-27-47(69)46-80)81-63-25-21-19-23-59(63)70-67(81)35-31-57-58-32-36-68-71(73(58)83(72(57)70)56-41-52(78(13,14)15)38-53(42-56)79(16,17)18)60-24-20-22-26-64(60)82(68)55-39-50(76(7,8)9)37-51(40-55)77(10,11)12/h19-45H,1-18H3. The molecule has 13 rings (SSSR count). The van der Waals surface area contributed by atoms with Crippen LogP contribution in [0.25, 0.3) is 110 Å². The molecule has 0 atom stereocenters. The highest BCUT2D eigenvalue weighted by molar-refractivity contribution is 6.31. The van der Waals surface area contributed by atoms with E-state index in [1.165, 1.54) is 104 Å². The van der Waals surface area contributed by atoms with Crippen molar-refractivity contribution < 1.29 is 0 Å². The molecular formula is C79H81N5. The first kappa shape index (κ1) is 54.9. The molecule has 422 valence electrons. The Hall–Kier alpha value is -8.33. The number of benzene rings is 9. The molecule has 9 aromatic carbocycles. The number of nitrogens with zero attached hydrogens (tertiary/aromatic N) is 5. The fourth-order valence-corrected chi connectivity index (χ4v) is 13.3. The van der Waals surface area contributed by atoms with Gasteiger partial charge in [0.2, 0.25) is 0 Å². The van der Waals surface area contributed by atoms with Crippen molar-refractivity contribution in [1.82, 2.24) is 18.3 Å². The summed E-state index contributed by atoms with van der Waals surface area (Å²) in [7, 11) is 0. The van der Waals surface area contributed by atoms with E-state index >= 15 is 0 Å². The Labute approximate surface area is 496 Å². The fraction of sp³-hybridized carbons (Fsp3) is 0.304. The van der Waals surface area contributed by atoms with Crippen molar-refractivity contribution in [3.8, 4) is 28.8 Å². The highest BCUT2D eigenvalue weighted by Gasteiger charge is 2.30. The second-order valence-electron chi connectivity index (χ2n) is 30.4. The summed E-state index contributed by atoms with van der Waals surface area (Å²) in [6.45, 7) is 41.8. The van der Waals surface area contributed by atoms with E-state index < -0.39 is 0 Å². The third-order valence-electron chi connectivity index (χ3n) is 18.3. The molecule has 4 heterocycles. The van der Waals surface area contributed by atoms with Crippen molar-refractivity contribution >= 4 is 87.2 Å². The predicted octanol–water partition coefficient (Wildman–Crippen LogP) is 21.7. The molecule has 84 heavy (non-hydrogen) atoms. The van der Waals surface area contributed by atoms with E-state index in [9.17, 15) is 5.26 Å². The van der Waals surface area contributed by atoms with E-state index in [2.05, 4.69) is 307 Å². The zero-order valence-corrected chi connectivity index (χ0v) is 52.8. The van der Waals surface area contributed by atoms with Crippen LogP contribution in [-0.4, -0.2) is 18.3 Å². The maximum atomic E-state index is 11.1. The van der Waals surface area contributed by atoms with E-state index in [4.69, 9.17) is 0 Å². The molecular weight excluding hydrogens is 1020 g/mol. The molecule has 4 aromatic heterocycles. The quantitative estimate of drug-likeness (QED) is 0.173. The van der Waals surface area contributed by atoms with Crippen LogP contribution in [0.5, 0.6) is 0 Å². The summed E-state index contributed by atoms with van der Waals surface area (Å²) in [5.41, 5.74) is 21.3. The lowest BCUT2D eigenvalue weighted by molar-refractivity contribution is 0.567. The van der Waals surface area contributed by atoms with Crippen LogP contribution in [0.15, 0.2) is 164 Å². The summed E-state index contributed by atoms with van der Waals surface area (Å²) in [6.07, 6.45) is 0. The van der Waals surface area contributed by atoms with Gasteiger partial charge in [-0.15, -0.1) is 0 Å². The van der Waals surface area contributed by atoms with Gasteiger partial charge in [0, 0.05) is 60.2 Å². The molecule has 0 fully saturated rings. The van der Waals surface area contributed by atoms with Gasteiger partial charge in [-0.2, -0.15) is 5.26 Å². The Kier molecular flexibility index (Phi) is 12.0. The molecule has 0 aliphatic rings. The van der Waals surface area contributed by atoms with E-state index in [0.717, 1.165) is 39.1 Å². The van der Waals surface area contributed by atoms with Crippen molar-refractivity contribution in [2.45, 2.75) is 157 Å². The highest BCUT2D eigenvalue weighted by atomic mass is 15.0. The van der Waals surface area contributed by atoms with Crippen LogP contribution in [0.4, 0.5) is 0 Å². The number of hydrogen-bond acceptors (Lipinski definition) is 1. The Morgan fingerprint density at radius 1 is 0.274 bits per heavy atom. The lowest BCUT2D eigenvalue weighted by Crippen LogP contribution is -2.17. The van der Waals surface area contributed by atoms with Gasteiger partial charge in [0.1, 0.15) is 6.07 Å². The maximum absolute atomic E-state index is 11.1. The van der Waals surface area contributed by atoms with E-state index in [1.807, 2.05) is 6.07 Å². The topological polar surface area (TPSA) is 43.5 Å². The second-order valence-corrected chi connectivity index (χ2v) is 30.4. The average molecular weight is 1100 g/mol. The SMILES string of the molecule is CC(C)(C)c1cc(-n2c3ccccc3c3c2ccc2c4ccc5c(c6ccccc6n5-c5ccc(C#N)c(-n6c7ccc(C(C)(C)C)cc7c7cc(C(C)(C)C)ccc76)c5)c4n(-c4cc(C(C)(C)C)cc(C(C)(C)C)c4)c23)cc(C(C)(C)C)c1. The zero-order valence-electron chi connectivity index (χ0n) is 52.8. The van der Waals surface area contributed by atoms with Gasteiger partial charge < -0.3 is 18.3 Å². The van der Waals surface area contributed by atoms with Gasteiger partial charge >= 0.3 is 0 Å². The first-order valence-corrected chi connectivity index (χ1v) is 30.3. The minimum Gasteiger partial charge on any atom is -0.309 e. The molecule has 0 spiro atoms. The molecule has 0 aliphatic carbocycles. The molecule has 5 nitrogen and oxygen atoms in total. The molecule has 0 radical (unpaired) electrons. The maximum Gasteiger partial charge on any atom is 0.101 e. The van der Waals surface area contributed by atoms with E-state index in [-0.39, 0.29) is 32.5 Å². The monoisotopic (exact) mass is 1100 g/mol. The molecule has 0 N–H and O–H groups in total. The zero-order chi connectivity index (χ0) is 59.7. The van der Waals surface area contributed by atoms with Gasteiger partial charge in [0.25, 0.3) is 0 Å². The summed E-state index contributed by atoms with van der Waals surface area (Å²) in [5, 5.41) is 20.7. The number of hydrogen-bond donors (Lipinski definition) is 0. The lowest BCUT2D eigenvalue weighted by Gasteiger charge is -2.27. The van der Waals surface area contributed by atoms with E-state index in [0.29, 0.717) is 5.56 Å². The number of aromatic nitrogens is 4. The summed E-state index contributed by atoms with van der Waals surface area (Å²) in [5.74, 6) is 0.